The number of fused-ring (bicyclic) bond motifs is 1. The first kappa shape index (κ1) is 26.7. The third-order valence-electron chi connectivity index (χ3n) is 5.57. The Bertz CT molecular complexity index is 1710. The highest BCUT2D eigenvalue weighted by Gasteiger charge is 2.25. The molecule has 0 saturated carbocycles. The van der Waals surface area contributed by atoms with Crippen molar-refractivity contribution in [1.82, 2.24) is 14.8 Å². The number of nitrogens with one attached hydrogen (secondary N) is 1. The fourth-order valence-corrected chi connectivity index (χ4v) is 5.57. The van der Waals surface area contributed by atoms with Crippen molar-refractivity contribution in [2.45, 2.75) is 13.2 Å². The first-order valence-corrected chi connectivity index (χ1v) is 13.2. The zero-order valence-corrected chi connectivity index (χ0v) is 22.9. The van der Waals surface area contributed by atoms with Crippen LogP contribution in [0.25, 0.3) is 21.3 Å². The lowest BCUT2D eigenvalue weighted by atomic mass is 10.0. The standard InChI is InChI=1S/C26H17BrClF2N5O3S/c27-14-6-7-19(16(28)10-14)38-12-35-9-8-17(34-35)25(37)33-21-20-15(13-4-2-1-3-5-13)11-18(23(29)30)32-26(20)39-22(21)24(31)36/h1-11,23H,12H2,(H2,31,36)(H,33,37). The molecular formula is C26H17BrClF2N5O3S. The Hall–Kier alpha value is -3.87. The fourth-order valence-electron chi connectivity index (χ4n) is 3.83. The molecule has 8 nitrogen and oxygen atoms in total. The fraction of sp³-hybridized carbons (Fsp3) is 0.0769. The molecule has 0 radical (unpaired) electrons. The molecule has 0 bridgehead atoms. The molecular weight excluding hydrogens is 616 g/mol. The number of pyridine rings is 1. The molecule has 3 heterocycles. The second kappa shape index (κ2) is 11.1. The van der Waals surface area contributed by atoms with Crippen molar-refractivity contribution in [3.8, 4) is 16.9 Å². The second-order valence-electron chi connectivity index (χ2n) is 8.15. The number of carbonyl (C=O) groups is 2. The van der Waals surface area contributed by atoms with Crippen LogP contribution >= 0.6 is 38.9 Å². The van der Waals surface area contributed by atoms with E-state index in [1.807, 2.05) is 0 Å². The zero-order chi connectivity index (χ0) is 27.7. The van der Waals surface area contributed by atoms with Crippen molar-refractivity contribution in [1.29, 1.82) is 0 Å². The van der Waals surface area contributed by atoms with Gasteiger partial charge in [0.1, 0.15) is 21.2 Å². The average Bonchev–Trinajstić information content (AvgIpc) is 3.53. The maximum absolute atomic E-state index is 13.7. The molecule has 5 rings (SSSR count). The zero-order valence-electron chi connectivity index (χ0n) is 19.7. The lowest BCUT2D eigenvalue weighted by molar-refractivity contribution is 0.100. The normalized spacial score (nSPS) is 11.2. The molecule has 198 valence electrons. The number of rotatable bonds is 8. The molecule has 3 N–H and O–H groups in total. The number of thiophene rings is 1. The first-order chi connectivity index (χ1) is 18.7. The van der Waals surface area contributed by atoms with Gasteiger partial charge in [0, 0.05) is 16.1 Å². The van der Waals surface area contributed by atoms with Gasteiger partial charge >= 0.3 is 0 Å². The molecule has 0 unspecified atom stereocenters. The number of amides is 2. The van der Waals surface area contributed by atoms with Crippen molar-refractivity contribution in [3.05, 3.63) is 92.6 Å². The summed E-state index contributed by atoms with van der Waals surface area (Å²) in [6.45, 7) is -0.0268. The molecule has 13 heteroatoms. The molecule has 2 amide bonds. The number of hydrogen-bond acceptors (Lipinski definition) is 6. The van der Waals surface area contributed by atoms with Crippen LogP contribution in [-0.4, -0.2) is 26.6 Å². The van der Waals surface area contributed by atoms with Crippen LogP contribution in [0.15, 0.2) is 71.3 Å². The van der Waals surface area contributed by atoms with Crippen LogP contribution in [0.2, 0.25) is 5.02 Å². The number of carbonyl (C=O) groups excluding carboxylic acids is 2. The van der Waals surface area contributed by atoms with Gasteiger partial charge in [0.2, 0.25) is 0 Å². The third kappa shape index (κ3) is 5.63. The Labute approximate surface area is 237 Å². The second-order valence-corrected chi connectivity index (χ2v) is 10.5. The Balaban J connectivity index is 1.48. The van der Waals surface area contributed by atoms with Gasteiger partial charge in [-0.3, -0.25) is 9.59 Å². The maximum atomic E-state index is 13.7. The largest absolute Gasteiger partial charge is 0.470 e. The summed E-state index contributed by atoms with van der Waals surface area (Å²) in [5.41, 5.74) is 6.21. The van der Waals surface area contributed by atoms with E-state index in [1.54, 1.807) is 48.5 Å². The van der Waals surface area contributed by atoms with Crippen molar-refractivity contribution >= 4 is 66.6 Å². The van der Waals surface area contributed by atoms with E-state index in [1.165, 1.54) is 23.0 Å². The average molecular weight is 633 g/mol. The van der Waals surface area contributed by atoms with Gasteiger partial charge in [0.15, 0.2) is 12.4 Å². The molecule has 0 aliphatic rings. The van der Waals surface area contributed by atoms with Crippen molar-refractivity contribution in [3.63, 3.8) is 0 Å². The Morgan fingerprint density at radius 3 is 2.62 bits per heavy atom. The lowest BCUT2D eigenvalue weighted by Gasteiger charge is -2.10. The number of aromatic nitrogens is 3. The number of primary amides is 1. The minimum absolute atomic E-state index is 0.0219. The minimum Gasteiger partial charge on any atom is -0.470 e. The van der Waals surface area contributed by atoms with Gasteiger partial charge in [-0.05, 0) is 41.5 Å². The van der Waals surface area contributed by atoms with E-state index in [-0.39, 0.29) is 27.8 Å². The molecule has 5 aromatic rings. The van der Waals surface area contributed by atoms with Gasteiger partial charge in [-0.2, -0.15) is 5.10 Å². The molecule has 0 aliphatic heterocycles. The lowest BCUT2D eigenvalue weighted by Crippen LogP contribution is -2.18. The first-order valence-electron chi connectivity index (χ1n) is 11.2. The van der Waals surface area contributed by atoms with E-state index in [4.69, 9.17) is 22.1 Å². The van der Waals surface area contributed by atoms with Crippen LogP contribution in [0.5, 0.6) is 5.75 Å². The van der Waals surface area contributed by atoms with Crippen LogP contribution in [0.3, 0.4) is 0 Å². The number of halogens is 4. The van der Waals surface area contributed by atoms with Gasteiger partial charge in [-0.25, -0.2) is 18.4 Å². The van der Waals surface area contributed by atoms with Gasteiger partial charge in [0.05, 0.1) is 10.7 Å². The van der Waals surface area contributed by atoms with Crippen LogP contribution in [0, 0.1) is 0 Å². The van der Waals surface area contributed by atoms with E-state index in [0.29, 0.717) is 27.3 Å². The van der Waals surface area contributed by atoms with Gasteiger partial charge in [0.25, 0.3) is 18.2 Å². The number of hydrogen-bond donors (Lipinski definition) is 2. The van der Waals surface area contributed by atoms with Gasteiger partial charge in [-0.1, -0.05) is 57.9 Å². The molecule has 2 aromatic carbocycles. The van der Waals surface area contributed by atoms with E-state index in [0.717, 1.165) is 15.8 Å². The highest BCUT2D eigenvalue weighted by Crippen LogP contribution is 2.42. The SMILES string of the molecule is NC(=O)c1sc2nc(C(F)F)cc(-c3ccccc3)c2c1NC(=O)c1ccn(COc2ccc(Br)cc2Cl)n1. The van der Waals surface area contributed by atoms with Crippen molar-refractivity contribution < 1.29 is 23.1 Å². The molecule has 0 aliphatic carbocycles. The molecule has 39 heavy (non-hydrogen) atoms. The molecule has 0 spiro atoms. The van der Waals surface area contributed by atoms with E-state index < -0.39 is 23.9 Å². The van der Waals surface area contributed by atoms with E-state index >= 15 is 0 Å². The molecule has 0 fully saturated rings. The van der Waals surface area contributed by atoms with Crippen LogP contribution in [-0.2, 0) is 6.73 Å². The topological polar surface area (TPSA) is 112 Å². The summed E-state index contributed by atoms with van der Waals surface area (Å²) in [5.74, 6) is -1.05. The predicted molar refractivity (Wildman–Crippen MR) is 148 cm³/mol. The Kier molecular flexibility index (Phi) is 7.60. The van der Waals surface area contributed by atoms with E-state index in [9.17, 15) is 18.4 Å². The Morgan fingerprint density at radius 2 is 1.92 bits per heavy atom. The molecule has 3 aromatic heterocycles. The summed E-state index contributed by atoms with van der Waals surface area (Å²) in [5, 5.41) is 7.64. The monoisotopic (exact) mass is 631 g/mol. The quantitative estimate of drug-likeness (QED) is 0.193. The number of alkyl halides is 2. The number of nitrogens with two attached hydrogens (primary N) is 1. The van der Waals surface area contributed by atoms with Crippen LogP contribution in [0.4, 0.5) is 14.5 Å². The highest BCUT2D eigenvalue weighted by atomic mass is 79.9. The third-order valence-corrected chi connectivity index (χ3v) is 7.46. The highest BCUT2D eigenvalue weighted by molar-refractivity contribution is 9.10. The van der Waals surface area contributed by atoms with Gasteiger partial charge < -0.3 is 15.8 Å². The summed E-state index contributed by atoms with van der Waals surface area (Å²) >= 11 is 10.3. The van der Waals surface area contributed by atoms with Crippen LogP contribution in [0.1, 0.15) is 32.3 Å². The van der Waals surface area contributed by atoms with E-state index in [2.05, 4.69) is 31.3 Å². The smallest absolute Gasteiger partial charge is 0.280 e. The molecule has 0 saturated heterocycles. The maximum Gasteiger partial charge on any atom is 0.280 e. The van der Waals surface area contributed by atoms with Crippen molar-refractivity contribution in [2.75, 3.05) is 5.32 Å². The summed E-state index contributed by atoms with van der Waals surface area (Å²) in [4.78, 5) is 29.6. The van der Waals surface area contributed by atoms with Gasteiger partial charge in [-0.15, -0.1) is 11.3 Å². The summed E-state index contributed by atoms with van der Waals surface area (Å²) in [7, 11) is 0. The number of benzene rings is 2. The van der Waals surface area contributed by atoms with Crippen LogP contribution < -0.4 is 15.8 Å². The Morgan fingerprint density at radius 1 is 1.15 bits per heavy atom. The molecule has 0 atom stereocenters. The summed E-state index contributed by atoms with van der Waals surface area (Å²) < 4.78 is 35.2. The number of anilines is 1. The number of ether oxygens (including phenoxy) is 1. The summed E-state index contributed by atoms with van der Waals surface area (Å²) in [6, 6.07) is 16.6. The predicted octanol–water partition coefficient (Wildman–Crippen LogP) is 6.90. The summed E-state index contributed by atoms with van der Waals surface area (Å²) in [6.07, 6.45) is -1.30. The minimum atomic E-state index is -2.84. The van der Waals surface area contributed by atoms with Crippen molar-refractivity contribution in [2.24, 2.45) is 5.73 Å². The number of nitrogens with zero attached hydrogens (tertiary/aromatic N) is 3.